The maximum Gasteiger partial charge on any atom is 0.272 e. The topological polar surface area (TPSA) is 98.2 Å². The van der Waals surface area contributed by atoms with E-state index in [1.54, 1.807) is 36.4 Å². The maximum atomic E-state index is 13.6. The predicted octanol–water partition coefficient (Wildman–Crippen LogP) is 7.54. The molecule has 2 aromatic heterocycles. The summed E-state index contributed by atoms with van der Waals surface area (Å²) in [5.41, 5.74) is 3.18. The van der Waals surface area contributed by atoms with Gasteiger partial charge in [-0.3, -0.25) is 14.5 Å². The Morgan fingerprint density at radius 1 is 0.920 bits per heavy atom. The number of carbonyl (C=O) groups is 2. The number of anilines is 1. The molecule has 1 aliphatic rings. The van der Waals surface area contributed by atoms with Gasteiger partial charge in [0.25, 0.3) is 18.2 Å². The van der Waals surface area contributed by atoms with E-state index in [0.717, 1.165) is 16.5 Å². The number of nitrogens with one attached hydrogen (secondary N) is 1. The largest absolute Gasteiger partial charge is 0.493 e. The van der Waals surface area contributed by atoms with Crippen molar-refractivity contribution in [2.45, 2.75) is 13.0 Å². The summed E-state index contributed by atoms with van der Waals surface area (Å²) in [6, 6.07) is 20.6. The van der Waals surface area contributed by atoms with Gasteiger partial charge in [-0.1, -0.05) is 29.3 Å². The van der Waals surface area contributed by atoms with Crippen LogP contribution in [0.5, 0.6) is 23.1 Å². The van der Waals surface area contributed by atoms with Gasteiger partial charge >= 0.3 is 0 Å². The molecule has 10 nitrogen and oxygen atoms in total. The first-order chi connectivity index (χ1) is 24.1. The highest BCUT2D eigenvalue weighted by Gasteiger charge is 2.25. The number of benzene rings is 3. The molecule has 0 radical (unpaired) electrons. The monoisotopic (exact) mass is 723 g/mol. The number of hydrogen-bond donors (Lipinski definition) is 1. The van der Waals surface area contributed by atoms with Crippen molar-refractivity contribution in [1.82, 2.24) is 19.4 Å². The number of halogens is 4. The number of carbonyl (C=O) groups excluding carboxylic acids is 2. The first kappa shape index (κ1) is 34.9. The number of nitrogens with zero attached hydrogens (tertiary/aromatic N) is 4. The van der Waals surface area contributed by atoms with Crippen molar-refractivity contribution in [3.63, 3.8) is 0 Å². The van der Waals surface area contributed by atoms with Crippen molar-refractivity contribution in [1.29, 1.82) is 0 Å². The van der Waals surface area contributed by atoms with Crippen LogP contribution in [0.3, 0.4) is 0 Å². The normalized spacial score (nSPS) is 13.5. The summed E-state index contributed by atoms with van der Waals surface area (Å²) in [7, 11) is 3.32. The van der Waals surface area contributed by atoms with Gasteiger partial charge in [0.2, 0.25) is 5.88 Å². The van der Waals surface area contributed by atoms with E-state index >= 15 is 0 Å². The molecule has 1 N–H and O–H groups in total. The number of amides is 2. The third-order valence-electron chi connectivity index (χ3n) is 8.29. The number of aromatic nitrogens is 2. The molecule has 0 unspecified atom stereocenters. The molecule has 50 heavy (non-hydrogen) atoms. The zero-order chi connectivity index (χ0) is 35.4. The lowest BCUT2D eigenvalue weighted by atomic mass is 10.1. The first-order valence-corrected chi connectivity index (χ1v) is 16.4. The zero-order valence-electron chi connectivity index (χ0n) is 27.2. The number of pyridine rings is 1. The number of alkyl halides is 2. The fourth-order valence-electron chi connectivity index (χ4n) is 5.67. The lowest BCUT2D eigenvalue weighted by Crippen LogP contribution is -2.48. The lowest BCUT2D eigenvalue weighted by molar-refractivity contribution is 0.0619. The van der Waals surface area contributed by atoms with E-state index in [9.17, 15) is 18.4 Å². The van der Waals surface area contributed by atoms with Crippen molar-refractivity contribution in [3.8, 4) is 23.1 Å². The van der Waals surface area contributed by atoms with Crippen molar-refractivity contribution in [2.75, 3.05) is 45.2 Å². The number of ether oxygens (including phenoxy) is 3. The van der Waals surface area contributed by atoms with Crippen LogP contribution in [0.15, 0.2) is 79.0 Å². The molecule has 260 valence electrons. The van der Waals surface area contributed by atoms with Gasteiger partial charge < -0.3 is 29.0 Å². The molecule has 2 amide bonds. The van der Waals surface area contributed by atoms with Crippen molar-refractivity contribution < 1.29 is 32.6 Å². The van der Waals surface area contributed by atoms with Gasteiger partial charge in [0.05, 0.1) is 34.6 Å². The molecule has 0 saturated carbocycles. The van der Waals surface area contributed by atoms with Crippen LogP contribution in [0.2, 0.25) is 10.0 Å². The summed E-state index contributed by atoms with van der Waals surface area (Å²) in [5, 5.41) is 4.31. The SMILES string of the molecule is COc1cc(CN2CCN(C(=O)c3cc4ccc(Oc5ccc(NC(=O)c6ccc(Cl)c(Cl)c6)cn5)cc4n3C)CC2)ccc1OCC(F)F. The van der Waals surface area contributed by atoms with Gasteiger partial charge in [0, 0.05) is 62.9 Å². The number of piperazine rings is 1. The molecule has 1 aliphatic heterocycles. The zero-order valence-corrected chi connectivity index (χ0v) is 28.7. The molecule has 6 rings (SSSR count). The van der Waals surface area contributed by atoms with Crippen LogP contribution in [0.25, 0.3) is 10.9 Å². The van der Waals surface area contributed by atoms with Crippen molar-refractivity contribution >= 4 is 51.6 Å². The van der Waals surface area contributed by atoms with Crippen LogP contribution in [0, 0.1) is 0 Å². The van der Waals surface area contributed by atoms with Crippen LogP contribution in [-0.4, -0.2) is 77.5 Å². The number of methoxy groups -OCH3 is 1. The van der Waals surface area contributed by atoms with E-state index in [2.05, 4.69) is 15.2 Å². The molecule has 5 aromatic rings. The van der Waals surface area contributed by atoms with E-state index in [1.165, 1.54) is 19.4 Å². The van der Waals surface area contributed by atoms with Crippen LogP contribution in [-0.2, 0) is 13.6 Å². The summed E-state index contributed by atoms with van der Waals surface area (Å²) >= 11 is 12.0. The van der Waals surface area contributed by atoms with E-state index in [4.69, 9.17) is 37.4 Å². The highest BCUT2D eigenvalue weighted by molar-refractivity contribution is 6.42. The Hall–Kier alpha value is -4.91. The quantitative estimate of drug-likeness (QED) is 0.150. The van der Waals surface area contributed by atoms with Gasteiger partial charge in [-0.05, 0) is 60.2 Å². The number of rotatable bonds is 11. The lowest BCUT2D eigenvalue weighted by Gasteiger charge is -2.34. The second-order valence-corrected chi connectivity index (χ2v) is 12.4. The summed E-state index contributed by atoms with van der Waals surface area (Å²) in [6.45, 7) is 2.37. The highest BCUT2D eigenvalue weighted by Crippen LogP contribution is 2.30. The number of fused-ring (bicyclic) bond motifs is 1. The average molecular weight is 725 g/mol. The summed E-state index contributed by atoms with van der Waals surface area (Å²) in [6.07, 6.45) is -1.08. The fraction of sp³-hybridized carbons (Fsp3) is 0.250. The summed E-state index contributed by atoms with van der Waals surface area (Å²) < 4.78 is 43.5. The van der Waals surface area contributed by atoms with E-state index < -0.39 is 13.0 Å². The molecular weight excluding hydrogens is 691 g/mol. The number of hydrogen-bond acceptors (Lipinski definition) is 7. The standard InChI is InChI=1S/C36H33Cl2F2N5O5/c1-43-29-18-26(50-34-10-6-25(19-41-34)42-35(46)24-5-8-27(37)28(38)16-24)7-4-23(29)17-30(43)36(47)45-13-11-44(12-14-45)20-22-3-9-31(32(15-22)48-2)49-21-33(39)40/h3-10,15-19,33H,11-14,20-21H2,1-2H3,(H,42,46). The van der Waals surface area contributed by atoms with Gasteiger partial charge in [-0.15, -0.1) is 0 Å². The molecule has 3 heterocycles. The van der Waals surface area contributed by atoms with E-state index in [1.807, 2.05) is 46.8 Å². The average Bonchev–Trinajstić information content (AvgIpc) is 3.44. The summed E-state index contributed by atoms with van der Waals surface area (Å²) in [5.74, 6) is 1.12. The molecule has 0 bridgehead atoms. The Bertz CT molecular complexity index is 2020. The Morgan fingerprint density at radius 3 is 2.42 bits per heavy atom. The van der Waals surface area contributed by atoms with Gasteiger partial charge in [-0.25, -0.2) is 13.8 Å². The van der Waals surface area contributed by atoms with Gasteiger partial charge in [-0.2, -0.15) is 0 Å². The summed E-state index contributed by atoms with van der Waals surface area (Å²) in [4.78, 5) is 34.6. The Balaban J connectivity index is 1.05. The molecule has 3 aromatic carbocycles. The molecule has 0 atom stereocenters. The second kappa shape index (κ2) is 15.3. The molecule has 0 spiro atoms. The maximum absolute atomic E-state index is 13.6. The molecular formula is C36H33Cl2F2N5O5. The smallest absolute Gasteiger partial charge is 0.272 e. The van der Waals surface area contributed by atoms with Crippen LogP contribution in [0.4, 0.5) is 14.5 Å². The minimum Gasteiger partial charge on any atom is -0.493 e. The van der Waals surface area contributed by atoms with E-state index in [0.29, 0.717) is 72.1 Å². The Labute approximate surface area is 297 Å². The first-order valence-electron chi connectivity index (χ1n) is 15.7. The molecule has 0 aliphatic carbocycles. The third-order valence-corrected chi connectivity index (χ3v) is 9.03. The van der Waals surface area contributed by atoms with Crippen LogP contribution in [0.1, 0.15) is 26.4 Å². The Kier molecular flexibility index (Phi) is 10.7. The minimum atomic E-state index is -2.57. The molecule has 14 heteroatoms. The minimum absolute atomic E-state index is 0.0619. The van der Waals surface area contributed by atoms with E-state index in [-0.39, 0.29) is 22.6 Å². The van der Waals surface area contributed by atoms with Crippen LogP contribution >= 0.6 is 23.2 Å². The third kappa shape index (κ3) is 8.10. The highest BCUT2D eigenvalue weighted by atomic mass is 35.5. The van der Waals surface area contributed by atoms with Crippen LogP contribution < -0.4 is 19.5 Å². The second-order valence-electron chi connectivity index (χ2n) is 11.6. The fourth-order valence-corrected chi connectivity index (χ4v) is 5.96. The molecule has 1 fully saturated rings. The van der Waals surface area contributed by atoms with Crippen molar-refractivity contribution in [2.24, 2.45) is 7.05 Å². The van der Waals surface area contributed by atoms with Crippen molar-refractivity contribution in [3.05, 3.63) is 106 Å². The van der Waals surface area contributed by atoms with Gasteiger partial charge in [0.1, 0.15) is 18.1 Å². The number of aryl methyl sites for hydroxylation is 1. The Morgan fingerprint density at radius 2 is 1.72 bits per heavy atom. The predicted molar refractivity (Wildman–Crippen MR) is 187 cm³/mol. The molecule has 1 saturated heterocycles. The van der Waals surface area contributed by atoms with Gasteiger partial charge in [0.15, 0.2) is 11.5 Å².